The second kappa shape index (κ2) is 8.06. The van der Waals surface area contributed by atoms with E-state index in [1.807, 2.05) is 43.3 Å². The fraction of sp³-hybridized carbons (Fsp3) is 0.429. The first kappa shape index (κ1) is 19.2. The van der Waals surface area contributed by atoms with Crippen LogP contribution in [0, 0.1) is 0 Å². The molecule has 1 saturated carbocycles. The van der Waals surface area contributed by atoms with E-state index in [4.69, 9.17) is 0 Å². The molecule has 2 aromatic heterocycles. The first-order chi connectivity index (χ1) is 14.1. The van der Waals surface area contributed by atoms with Crippen molar-refractivity contribution in [1.82, 2.24) is 19.5 Å². The van der Waals surface area contributed by atoms with Crippen LogP contribution in [0.1, 0.15) is 36.0 Å². The van der Waals surface area contributed by atoms with E-state index in [1.54, 1.807) is 17.4 Å². The van der Waals surface area contributed by atoms with E-state index in [0.717, 1.165) is 56.7 Å². The van der Waals surface area contributed by atoms with Gasteiger partial charge in [-0.15, -0.1) is 0 Å². The fourth-order valence-corrected chi connectivity index (χ4v) is 3.63. The molecule has 4 rings (SSSR count). The van der Waals surface area contributed by atoms with E-state index in [-0.39, 0.29) is 5.91 Å². The van der Waals surface area contributed by atoms with Crippen molar-refractivity contribution in [3.63, 3.8) is 0 Å². The summed E-state index contributed by atoms with van der Waals surface area (Å²) >= 11 is 0. The van der Waals surface area contributed by atoms with Crippen molar-refractivity contribution in [2.24, 2.45) is 5.10 Å². The molecular weight excluding hydrogens is 368 g/mol. The standard InChI is InChI=1S/C21H26N6O2/c1-24(2)23-20-13-18(9-12-26(20)15-28)27(17-6-7-17)19-8-5-16(14-22-19)21(29)25-10-3-4-11-25/h5,8-9,12-15,17H,3-4,6-7,10-11H2,1-2H3/b23-20-. The van der Waals surface area contributed by atoms with Crippen LogP contribution in [0.2, 0.25) is 0 Å². The first-order valence-electron chi connectivity index (χ1n) is 10.0. The van der Waals surface area contributed by atoms with Crippen molar-refractivity contribution in [2.75, 3.05) is 32.1 Å². The number of likely N-dealkylation sites (tertiary alicyclic amines) is 1. The molecule has 1 amide bonds. The molecular formula is C21H26N6O2. The Morgan fingerprint density at radius 1 is 1.21 bits per heavy atom. The SMILES string of the molecule is CN(C)/N=c1/cc(N(c2ccc(C(=O)N3CCCC3)cn2)C2CC2)ccn1C=O. The molecule has 0 radical (unpaired) electrons. The van der Waals surface area contributed by atoms with E-state index in [1.165, 1.54) is 4.57 Å². The average Bonchev–Trinajstić information content (AvgIpc) is 3.39. The predicted octanol–water partition coefficient (Wildman–Crippen LogP) is 1.84. The summed E-state index contributed by atoms with van der Waals surface area (Å²) in [5, 5.41) is 6.06. The molecule has 8 heteroatoms. The Balaban J connectivity index is 1.65. The van der Waals surface area contributed by atoms with Crippen LogP contribution in [-0.4, -0.2) is 65.0 Å². The number of carbonyl (C=O) groups excluding carboxylic acids is 2. The highest BCUT2D eigenvalue weighted by Crippen LogP contribution is 2.36. The number of hydrogen-bond acceptors (Lipinski definition) is 6. The van der Waals surface area contributed by atoms with Gasteiger partial charge in [0.15, 0.2) is 5.49 Å². The number of rotatable bonds is 6. The predicted molar refractivity (Wildman–Crippen MR) is 110 cm³/mol. The zero-order chi connectivity index (χ0) is 20.4. The van der Waals surface area contributed by atoms with Gasteiger partial charge in [-0.1, -0.05) is 0 Å². The van der Waals surface area contributed by atoms with Crippen molar-refractivity contribution >= 4 is 23.8 Å². The number of amides is 1. The molecule has 1 aliphatic carbocycles. The van der Waals surface area contributed by atoms with Crippen molar-refractivity contribution in [3.05, 3.63) is 47.7 Å². The van der Waals surface area contributed by atoms with E-state index < -0.39 is 0 Å². The van der Waals surface area contributed by atoms with Crippen molar-refractivity contribution < 1.29 is 9.59 Å². The lowest BCUT2D eigenvalue weighted by Gasteiger charge is -2.24. The minimum atomic E-state index is 0.0540. The summed E-state index contributed by atoms with van der Waals surface area (Å²) in [5.41, 5.74) is 2.10. The van der Waals surface area contributed by atoms with Gasteiger partial charge in [-0.3, -0.25) is 14.2 Å². The highest BCUT2D eigenvalue weighted by molar-refractivity contribution is 5.94. The molecule has 0 unspecified atom stereocenters. The summed E-state index contributed by atoms with van der Waals surface area (Å²) in [4.78, 5) is 32.6. The second-order valence-corrected chi connectivity index (χ2v) is 7.71. The molecule has 1 aliphatic heterocycles. The van der Waals surface area contributed by atoms with Gasteiger partial charge in [-0.05, 0) is 43.9 Å². The Bertz CT molecular complexity index is 956. The van der Waals surface area contributed by atoms with Gasteiger partial charge in [0.2, 0.25) is 6.41 Å². The molecule has 2 aliphatic rings. The average molecular weight is 394 g/mol. The second-order valence-electron chi connectivity index (χ2n) is 7.71. The van der Waals surface area contributed by atoms with Crippen LogP contribution in [-0.2, 0) is 4.79 Å². The summed E-state index contributed by atoms with van der Waals surface area (Å²) in [7, 11) is 3.64. The summed E-state index contributed by atoms with van der Waals surface area (Å²) < 4.78 is 1.44. The van der Waals surface area contributed by atoms with Gasteiger partial charge >= 0.3 is 0 Å². The molecule has 2 aromatic rings. The van der Waals surface area contributed by atoms with Gasteiger partial charge in [-0.2, -0.15) is 5.10 Å². The van der Waals surface area contributed by atoms with Gasteiger partial charge in [-0.25, -0.2) is 4.98 Å². The van der Waals surface area contributed by atoms with Gasteiger partial charge in [0, 0.05) is 57.4 Å². The summed E-state index contributed by atoms with van der Waals surface area (Å²) in [6.07, 6.45) is 8.43. The maximum Gasteiger partial charge on any atom is 0.255 e. The third-order valence-corrected chi connectivity index (χ3v) is 5.19. The molecule has 152 valence electrons. The number of anilines is 2. The Hall–Kier alpha value is -3.16. The van der Waals surface area contributed by atoms with Crippen LogP contribution >= 0.6 is 0 Å². The van der Waals surface area contributed by atoms with E-state index in [9.17, 15) is 9.59 Å². The zero-order valence-corrected chi connectivity index (χ0v) is 16.9. The molecule has 2 fully saturated rings. The van der Waals surface area contributed by atoms with Crippen LogP contribution < -0.4 is 10.4 Å². The van der Waals surface area contributed by atoms with Crippen molar-refractivity contribution in [1.29, 1.82) is 0 Å². The normalized spacial score (nSPS) is 16.8. The number of pyridine rings is 2. The van der Waals surface area contributed by atoms with Crippen LogP contribution in [0.3, 0.4) is 0 Å². The fourth-order valence-electron chi connectivity index (χ4n) is 3.63. The molecule has 8 nitrogen and oxygen atoms in total. The van der Waals surface area contributed by atoms with Crippen LogP contribution in [0.25, 0.3) is 0 Å². The highest BCUT2D eigenvalue weighted by Gasteiger charge is 2.31. The van der Waals surface area contributed by atoms with Gasteiger partial charge in [0.1, 0.15) is 5.82 Å². The molecule has 0 bridgehead atoms. The number of carbonyl (C=O) groups is 2. The van der Waals surface area contributed by atoms with Gasteiger partial charge in [0.05, 0.1) is 5.56 Å². The Kier molecular flexibility index (Phi) is 5.33. The van der Waals surface area contributed by atoms with E-state index in [2.05, 4.69) is 15.0 Å². The van der Waals surface area contributed by atoms with Crippen LogP contribution in [0.4, 0.5) is 11.5 Å². The molecule has 0 aromatic carbocycles. The van der Waals surface area contributed by atoms with Crippen molar-refractivity contribution in [2.45, 2.75) is 31.7 Å². The summed E-state index contributed by atoms with van der Waals surface area (Å²) in [6, 6.07) is 7.91. The lowest BCUT2D eigenvalue weighted by Crippen LogP contribution is -2.28. The largest absolute Gasteiger partial charge is 0.339 e. The number of hydrogen-bond donors (Lipinski definition) is 0. The summed E-state index contributed by atoms with van der Waals surface area (Å²) in [6.45, 7) is 1.65. The van der Waals surface area contributed by atoms with E-state index >= 15 is 0 Å². The molecule has 0 spiro atoms. The third kappa shape index (κ3) is 4.16. The van der Waals surface area contributed by atoms with Crippen LogP contribution in [0.15, 0.2) is 41.8 Å². The van der Waals surface area contributed by atoms with Crippen LogP contribution in [0.5, 0.6) is 0 Å². The number of nitrogens with zero attached hydrogens (tertiary/aromatic N) is 6. The minimum Gasteiger partial charge on any atom is -0.339 e. The molecule has 1 saturated heterocycles. The third-order valence-electron chi connectivity index (χ3n) is 5.19. The lowest BCUT2D eigenvalue weighted by molar-refractivity contribution is 0.0792. The maximum atomic E-state index is 12.6. The number of aromatic nitrogens is 2. The Morgan fingerprint density at radius 2 is 1.97 bits per heavy atom. The quantitative estimate of drug-likeness (QED) is 0.552. The zero-order valence-electron chi connectivity index (χ0n) is 16.9. The molecule has 0 N–H and O–H groups in total. The van der Waals surface area contributed by atoms with Crippen molar-refractivity contribution in [3.8, 4) is 0 Å². The Morgan fingerprint density at radius 3 is 2.55 bits per heavy atom. The molecule has 29 heavy (non-hydrogen) atoms. The topological polar surface area (TPSA) is 74.0 Å². The molecule has 0 atom stereocenters. The Labute approximate surface area is 170 Å². The monoisotopic (exact) mass is 394 g/mol. The minimum absolute atomic E-state index is 0.0540. The van der Waals surface area contributed by atoms with E-state index in [0.29, 0.717) is 17.1 Å². The van der Waals surface area contributed by atoms with Gasteiger partial charge in [0.25, 0.3) is 5.91 Å². The maximum absolute atomic E-state index is 12.6. The molecule has 3 heterocycles. The smallest absolute Gasteiger partial charge is 0.255 e. The lowest BCUT2D eigenvalue weighted by atomic mass is 10.2. The first-order valence-corrected chi connectivity index (χ1v) is 10.0. The highest BCUT2D eigenvalue weighted by atomic mass is 16.2. The van der Waals surface area contributed by atoms with Gasteiger partial charge < -0.3 is 14.8 Å². The summed E-state index contributed by atoms with van der Waals surface area (Å²) in [5.74, 6) is 0.850.